The fraction of sp³-hybridized carbons (Fsp3) is 0.440. The maximum absolute atomic E-state index is 14.9. The molecule has 0 spiro atoms. The zero-order chi connectivity index (χ0) is 24.1. The topological polar surface area (TPSA) is 71.1 Å². The van der Waals surface area contributed by atoms with Crippen LogP contribution >= 0.6 is 0 Å². The zero-order valence-electron chi connectivity index (χ0n) is 19.9. The van der Waals surface area contributed by atoms with E-state index in [1.165, 1.54) is 25.2 Å². The van der Waals surface area contributed by atoms with Gasteiger partial charge in [0.25, 0.3) is 5.91 Å². The molecule has 3 rings (SSSR count). The minimum Gasteiger partial charge on any atom is -0.493 e. The summed E-state index contributed by atoms with van der Waals surface area (Å²) in [6.45, 7) is 7.04. The van der Waals surface area contributed by atoms with E-state index in [0.717, 1.165) is 13.1 Å². The van der Waals surface area contributed by atoms with Crippen LogP contribution in [0, 0.1) is 5.82 Å². The van der Waals surface area contributed by atoms with Gasteiger partial charge in [0.2, 0.25) is 5.91 Å². The van der Waals surface area contributed by atoms with E-state index in [4.69, 9.17) is 9.47 Å². The van der Waals surface area contributed by atoms with Gasteiger partial charge in [-0.05, 0) is 36.9 Å². The van der Waals surface area contributed by atoms with Gasteiger partial charge in [0.1, 0.15) is 5.82 Å². The van der Waals surface area contributed by atoms with E-state index in [-0.39, 0.29) is 17.4 Å². The summed E-state index contributed by atoms with van der Waals surface area (Å²) in [6, 6.07) is 8.68. The van der Waals surface area contributed by atoms with Gasteiger partial charge in [-0.2, -0.15) is 0 Å². The molecule has 0 saturated carbocycles. The lowest BCUT2D eigenvalue weighted by molar-refractivity contribution is -0.124. The first kappa shape index (κ1) is 24.5. The number of benzene rings is 2. The number of likely N-dealkylation sites (N-methyl/N-ethyl adjacent to an activating group) is 2. The molecule has 7 nitrogen and oxygen atoms in total. The van der Waals surface area contributed by atoms with Crippen molar-refractivity contribution < 1.29 is 23.5 Å². The van der Waals surface area contributed by atoms with Crippen molar-refractivity contribution in [1.82, 2.24) is 15.1 Å². The van der Waals surface area contributed by atoms with Crippen molar-refractivity contribution in [3.63, 3.8) is 0 Å². The number of methoxy groups -OCH3 is 2. The van der Waals surface area contributed by atoms with E-state index >= 15 is 0 Å². The Balaban J connectivity index is 2.09. The third-order valence-electron chi connectivity index (χ3n) is 6.30. The number of carbonyl (C=O) groups excluding carboxylic acids is 2. The van der Waals surface area contributed by atoms with Crippen molar-refractivity contribution >= 4 is 11.8 Å². The van der Waals surface area contributed by atoms with Crippen molar-refractivity contribution in [2.24, 2.45) is 0 Å². The minimum absolute atomic E-state index is 0.275. The first-order valence-electron chi connectivity index (χ1n) is 11.1. The molecule has 0 fully saturated rings. The van der Waals surface area contributed by atoms with Crippen LogP contribution in [-0.2, 0) is 4.79 Å². The third kappa shape index (κ3) is 4.80. The molecule has 0 saturated heterocycles. The fourth-order valence-electron chi connectivity index (χ4n) is 4.42. The van der Waals surface area contributed by atoms with Crippen molar-refractivity contribution in [1.29, 1.82) is 0 Å². The Hall–Kier alpha value is -3.13. The highest BCUT2D eigenvalue weighted by atomic mass is 19.1. The lowest BCUT2D eigenvalue weighted by Crippen LogP contribution is -2.47. The summed E-state index contributed by atoms with van der Waals surface area (Å²) >= 11 is 0. The van der Waals surface area contributed by atoms with Crippen LogP contribution in [0.4, 0.5) is 4.39 Å². The van der Waals surface area contributed by atoms with Crippen LogP contribution in [0.3, 0.4) is 0 Å². The summed E-state index contributed by atoms with van der Waals surface area (Å²) in [5, 5.41) is 3.00. The molecular weight excluding hydrogens is 425 g/mol. The predicted octanol–water partition coefficient (Wildman–Crippen LogP) is 3.21. The van der Waals surface area contributed by atoms with Crippen LogP contribution < -0.4 is 14.8 Å². The smallest absolute Gasteiger partial charge is 0.254 e. The van der Waals surface area contributed by atoms with Gasteiger partial charge in [0.15, 0.2) is 11.5 Å². The standard InChI is InChI=1S/C25H32FN3O4/c1-6-29(7-2)13-12-27-24(30)22-17-14-20(32-4)21(33-5)15-18(17)25(31)28(3)23(22)16-10-8-9-11-19(16)26/h8-11,14-15,22-23H,6-7,12-13H2,1-5H3,(H,27,30). The Labute approximate surface area is 194 Å². The van der Waals surface area contributed by atoms with Crippen LogP contribution in [-0.4, -0.2) is 69.1 Å². The molecule has 8 heteroatoms. The average Bonchev–Trinajstić information content (AvgIpc) is 2.83. The quantitative estimate of drug-likeness (QED) is 0.626. The van der Waals surface area contributed by atoms with E-state index in [9.17, 15) is 14.0 Å². The number of hydrogen-bond acceptors (Lipinski definition) is 5. The van der Waals surface area contributed by atoms with Gasteiger partial charge in [0.05, 0.1) is 26.2 Å². The molecule has 33 heavy (non-hydrogen) atoms. The maximum Gasteiger partial charge on any atom is 0.254 e. The second-order valence-electron chi connectivity index (χ2n) is 7.97. The second-order valence-corrected chi connectivity index (χ2v) is 7.97. The average molecular weight is 458 g/mol. The molecule has 0 aliphatic carbocycles. The van der Waals surface area contributed by atoms with E-state index in [1.54, 1.807) is 37.4 Å². The molecule has 2 aromatic carbocycles. The number of nitrogens with one attached hydrogen (secondary N) is 1. The van der Waals surface area contributed by atoms with Gasteiger partial charge < -0.3 is 24.6 Å². The number of hydrogen-bond donors (Lipinski definition) is 1. The molecule has 0 aromatic heterocycles. The van der Waals surface area contributed by atoms with Crippen molar-refractivity contribution in [3.05, 3.63) is 58.9 Å². The molecule has 1 aliphatic rings. The van der Waals surface area contributed by atoms with Gasteiger partial charge in [-0.25, -0.2) is 4.39 Å². The number of nitrogens with zero attached hydrogens (tertiary/aromatic N) is 2. The SMILES string of the molecule is CCN(CC)CCNC(=O)C1c2cc(OC)c(OC)cc2C(=O)N(C)C1c1ccccc1F. The van der Waals surface area contributed by atoms with Crippen LogP contribution in [0.1, 0.15) is 47.3 Å². The molecule has 0 radical (unpaired) electrons. The van der Waals surface area contributed by atoms with E-state index in [0.29, 0.717) is 35.7 Å². The molecule has 2 amide bonds. The largest absolute Gasteiger partial charge is 0.493 e. The van der Waals surface area contributed by atoms with Crippen molar-refractivity contribution in [2.75, 3.05) is 47.4 Å². The molecule has 2 atom stereocenters. The minimum atomic E-state index is -0.823. The lowest BCUT2D eigenvalue weighted by Gasteiger charge is -2.40. The normalized spacial score (nSPS) is 17.7. The Bertz CT molecular complexity index is 1010. The van der Waals surface area contributed by atoms with Crippen molar-refractivity contribution in [3.8, 4) is 11.5 Å². The summed E-state index contributed by atoms with van der Waals surface area (Å²) in [5.41, 5.74) is 1.12. The van der Waals surface area contributed by atoms with Gasteiger partial charge >= 0.3 is 0 Å². The monoisotopic (exact) mass is 457 g/mol. The van der Waals surface area contributed by atoms with Crippen LogP contribution in [0.25, 0.3) is 0 Å². The fourth-order valence-corrected chi connectivity index (χ4v) is 4.42. The van der Waals surface area contributed by atoms with Gasteiger partial charge in [-0.15, -0.1) is 0 Å². The third-order valence-corrected chi connectivity index (χ3v) is 6.30. The summed E-state index contributed by atoms with van der Waals surface area (Å²) in [7, 11) is 4.57. The van der Waals surface area contributed by atoms with Gasteiger partial charge in [-0.1, -0.05) is 32.0 Å². The Morgan fingerprint density at radius 1 is 1.09 bits per heavy atom. The highest BCUT2D eigenvalue weighted by Crippen LogP contribution is 2.46. The maximum atomic E-state index is 14.9. The Kier molecular flexibility index (Phi) is 7.92. The zero-order valence-corrected chi connectivity index (χ0v) is 19.9. The van der Waals surface area contributed by atoms with Crippen LogP contribution in [0.2, 0.25) is 0 Å². The summed E-state index contributed by atoms with van der Waals surface area (Å²) < 4.78 is 25.7. The molecular formula is C25H32FN3O4. The summed E-state index contributed by atoms with van der Waals surface area (Å²) in [4.78, 5) is 30.5. The van der Waals surface area contributed by atoms with Crippen molar-refractivity contribution in [2.45, 2.75) is 25.8 Å². The number of halogens is 1. The van der Waals surface area contributed by atoms with Crippen LogP contribution in [0.5, 0.6) is 11.5 Å². The summed E-state index contributed by atoms with van der Waals surface area (Å²) in [6.07, 6.45) is 0. The van der Waals surface area contributed by atoms with E-state index in [2.05, 4.69) is 24.1 Å². The first-order valence-corrected chi connectivity index (χ1v) is 11.1. The molecule has 0 bridgehead atoms. The number of rotatable bonds is 9. The molecule has 1 heterocycles. The molecule has 178 valence electrons. The molecule has 2 aromatic rings. The molecule has 1 N–H and O–H groups in total. The Morgan fingerprint density at radius 2 is 1.73 bits per heavy atom. The highest BCUT2D eigenvalue weighted by molar-refractivity contribution is 6.02. The predicted molar refractivity (Wildman–Crippen MR) is 124 cm³/mol. The number of fused-ring (bicyclic) bond motifs is 1. The van der Waals surface area contributed by atoms with E-state index < -0.39 is 17.8 Å². The molecule has 2 unspecified atom stereocenters. The highest BCUT2D eigenvalue weighted by Gasteiger charge is 2.44. The number of carbonyl (C=O) groups is 2. The molecule has 1 aliphatic heterocycles. The first-order chi connectivity index (χ1) is 15.9. The second kappa shape index (κ2) is 10.7. The van der Waals surface area contributed by atoms with Crippen LogP contribution in [0.15, 0.2) is 36.4 Å². The lowest BCUT2D eigenvalue weighted by atomic mass is 9.79. The number of ether oxygens (including phenoxy) is 2. The van der Waals surface area contributed by atoms with E-state index in [1.807, 2.05) is 0 Å². The van der Waals surface area contributed by atoms with Gasteiger partial charge in [-0.3, -0.25) is 9.59 Å². The van der Waals surface area contributed by atoms with Gasteiger partial charge in [0, 0.05) is 31.3 Å². The summed E-state index contributed by atoms with van der Waals surface area (Å²) in [5.74, 6) is -1.08. The Morgan fingerprint density at radius 3 is 2.33 bits per heavy atom. The number of amides is 2.